The molecule has 176 valence electrons. The Labute approximate surface area is 200 Å². The molecule has 0 bridgehead atoms. The molecule has 3 aromatic rings. The SMILES string of the molecule is CCc1c(C(=O)Nc2cc(C)cc(C)c2)cccc1N1CCC(C(=O)c2ccc(F)cc2)CC1. The molecule has 0 aliphatic carbocycles. The van der Waals surface area contributed by atoms with E-state index < -0.39 is 0 Å². The summed E-state index contributed by atoms with van der Waals surface area (Å²) in [6, 6.07) is 17.7. The van der Waals surface area contributed by atoms with Gasteiger partial charge in [0.15, 0.2) is 5.78 Å². The van der Waals surface area contributed by atoms with Gasteiger partial charge in [-0.2, -0.15) is 0 Å². The minimum Gasteiger partial charge on any atom is -0.371 e. The van der Waals surface area contributed by atoms with E-state index in [0.29, 0.717) is 11.1 Å². The molecule has 0 spiro atoms. The number of halogens is 1. The molecule has 3 aromatic carbocycles. The highest BCUT2D eigenvalue weighted by atomic mass is 19.1. The molecule has 1 aliphatic heterocycles. The van der Waals surface area contributed by atoms with Crippen molar-refractivity contribution in [3.8, 4) is 0 Å². The Balaban J connectivity index is 1.48. The third-order valence-electron chi connectivity index (χ3n) is 6.56. The maximum Gasteiger partial charge on any atom is 0.256 e. The maximum atomic E-state index is 13.2. The lowest BCUT2D eigenvalue weighted by molar-refractivity contribution is 0.0900. The summed E-state index contributed by atoms with van der Waals surface area (Å²) in [6.07, 6.45) is 2.21. The first-order chi connectivity index (χ1) is 16.4. The molecule has 1 fully saturated rings. The standard InChI is InChI=1S/C29H31FN2O2/c1-4-25-26(29(34)31-24-17-19(2)16-20(3)18-24)6-5-7-27(25)32-14-12-22(13-15-32)28(33)21-8-10-23(30)11-9-21/h5-11,16-18,22H,4,12-15H2,1-3H3,(H,31,34). The highest BCUT2D eigenvalue weighted by molar-refractivity contribution is 6.06. The first-order valence-corrected chi connectivity index (χ1v) is 11.9. The van der Waals surface area contributed by atoms with Crippen LogP contribution < -0.4 is 10.2 Å². The molecule has 0 saturated carbocycles. The van der Waals surface area contributed by atoms with Crippen LogP contribution in [0.2, 0.25) is 0 Å². The van der Waals surface area contributed by atoms with Crippen LogP contribution in [0.25, 0.3) is 0 Å². The molecule has 5 heteroatoms. The average Bonchev–Trinajstić information content (AvgIpc) is 2.83. The fourth-order valence-electron chi connectivity index (χ4n) is 4.93. The van der Waals surface area contributed by atoms with E-state index in [4.69, 9.17) is 0 Å². The molecule has 34 heavy (non-hydrogen) atoms. The summed E-state index contributed by atoms with van der Waals surface area (Å²) in [5, 5.41) is 3.06. The van der Waals surface area contributed by atoms with Crippen molar-refractivity contribution in [2.24, 2.45) is 5.92 Å². The van der Waals surface area contributed by atoms with Gasteiger partial charge in [0.2, 0.25) is 0 Å². The summed E-state index contributed by atoms with van der Waals surface area (Å²) >= 11 is 0. The highest BCUT2D eigenvalue weighted by Crippen LogP contribution is 2.31. The van der Waals surface area contributed by atoms with E-state index >= 15 is 0 Å². The molecule has 4 nitrogen and oxygen atoms in total. The quantitative estimate of drug-likeness (QED) is 0.438. The van der Waals surface area contributed by atoms with Crippen LogP contribution in [0, 0.1) is 25.6 Å². The number of nitrogens with zero attached hydrogens (tertiary/aromatic N) is 1. The number of aryl methyl sites for hydroxylation is 2. The van der Waals surface area contributed by atoms with Crippen LogP contribution in [0.4, 0.5) is 15.8 Å². The third kappa shape index (κ3) is 5.19. The molecule has 1 aliphatic rings. The van der Waals surface area contributed by atoms with E-state index in [9.17, 15) is 14.0 Å². The molecule has 0 radical (unpaired) electrons. The number of piperidine rings is 1. The van der Waals surface area contributed by atoms with Gasteiger partial charge in [-0.25, -0.2) is 4.39 Å². The van der Waals surface area contributed by atoms with Crippen LogP contribution in [-0.4, -0.2) is 24.8 Å². The molecule has 1 saturated heterocycles. The first-order valence-electron chi connectivity index (χ1n) is 11.9. The zero-order valence-corrected chi connectivity index (χ0v) is 20.0. The Kier molecular flexibility index (Phi) is 7.11. The summed E-state index contributed by atoms with van der Waals surface area (Å²) in [5.74, 6) is -0.426. The number of Topliss-reactive ketones (excluding diaryl/α,β-unsaturated/α-hetero) is 1. The van der Waals surface area contributed by atoms with Gasteiger partial charge < -0.3 is 10.2 Å². The number of ketones is 1. The summed E-state index contributed by atoms with van der Waals surface area (Å²) in [5.41, 5.74) is 6.35. The molecule has 1 amide bonds. The summed E-state index contributed by atoms with van der Waals surface area (Å²) in [7, 11) is 0. The van der Waals surface area contributed by atoms with Crippen molar-refractivity contribution in [2.45, 2.75) is 40.0 Å². The minimum absolute atomic E-state index is 0.0668. The van der Waals surface area contributed by atoms with Gasteiger partial charge in [0.05, 0.1) is 0 Å². The number of benzene rings is 3. The number of carbonyl (C=O) groups is 2. The Morgan fingerprint density at radius 1 is 0.971 bits per heavy atom. The van der Waals surface area contributed by atoms with Crippen LogP contribution in [0.1, 0.15) is 57.2 Å². The highest BCUT2D eigenvalue weighted by Gasteiger charge is 2.27. The van der Waals surface area contributed by atoms with Gasteiger partial charge in [-0.1, -0.05) is 19.1 Å². The lowest BCUT2D eigenvalue weighted by Crippen LogP contribution is -2.37. The third-order valence-corrected chi connectivity index (χ3v) is 6.56. The fourth-order valence-corrected chi connectivity index (χ4v) is 4.93. The largest absolute Gasteiger partial charge is 0.371 e. The summed E-state index contributed by atoms with van der Waals surface area (Å²) in [6.45, 7) is 7.59. The summed E-state index contributed by atoms with van der Waals surface area (Å²) in [4.78, 5) is 28.3. The summed E-state index contributed by atoms with van der Waals surface area (Å²) < 4.78 is 13.2. The second-order valence-corrected chi connectivity index (χ2v) is 9.12. The van der Waals surface area contributed by atoms with E-state index in [-0.39, 0.29) is 23.4 Å². The smallest absolute Gasteiger partial charge is 0.256 e. The Hall–Kier alpha value is -3.47. The second kappa shape index (κ2) is 10.2. The normalized spacial score (nSPS) is 14.2. The maximum absolute atomic E-state index is 13.2. The van der Waals surface area contributed by atoms with E-state index in [1.165, 1.54) is 12.1 Å². The van der Waals surface area contributed by atoms with Crippen molar-refractivity contribution in [3.63, 3.8) is 0 Å². The zero-order valence-electron chi connectivity index (χ0n) is 20.0. The minimum atomic E-state index is -0.333. The molecule has 0 aromatic heterocycles. The van der Waals surface area contributed by atoms with Crippen molar-refractivity contribution in [1.82, 2.24) is 0 Å². The number of anilines is 2. The number of hydrogen-bond donors (Lipinski definition) is 1. The van der Waals surface area contributed by atoms with Crippen molar-refractivity contribution in [1.29, 1.82) is 0 Å². The van der Waals surface area contributed by atoms with Gasteiger partial charge in [0.25, 0.3) is 5.91 Å². The van der Waals surface area contributed by atoms with Gasteiger partial charge >= 0.3 is 0 Å². The van der Waals surface area contributed by atoms with Crippen LogP contribution >= 0.6 is 0 Å². The van der Waals surface area contributed by atoms with Gasteiger partial charge in [0, 0.05) is 41.5 Å². The number of carbonyl (C=O) groups excluding carboxylic acids is 2. The van der Waals surface area contributed by atoms with E-state index in [1.54, 1.807) is 12.1 Å². The van der Waals surface area contributed by atoms with Crippen LogP contribution in [0.3, 0.4) is 0 Å². The molecule has 1 N–H and O–H groups in total. The van der Waals surface area contributed by atoms with Gasteiger partial charge in [0.1, 0.15) is 5.82 Å². The van der Waals surface area contributed by atoms with Gasteiger partial charge in [-0.15, -0.1) is 0 Å². The van der Waals surface area contributed by atoms with Crippen LogP contribution in [0.15, 0.2) is 60.7 Å². The fraction of sp³-hybridized carbons (Fsp3) is 0.310. The zero-order chi connectivity index (χ0) is 24.2. The molecular weight excluding hydrogens is 427 g/mol. The number of nitrogens with one attached hydrogen (secondary N) is 1. The monoisotopic (exact) mass is 458 g/mol. The van der Waals surface area contributed by atoms with Crippen molar-refractivity contribution >= 4 is 23.1 Å². The van der Waals surface area contributed by atoms with Crippen LogP contribution in [0.5, 0.6) is 0 Å². The predicted molar refractivity (Wildman–Crippen MR) is 135 cm³/mol. The Morgan fingerprint density at radius 3 is 2.24 bits per heavy atom. The lowest BCUT2D eigenvalue weighted by Gasteiger charge is -2.34. The van der Waals surface area contributed by atoms with Gasteiger partial charge in [-0.3, -0.25) is 9.59 Å². The van der Waals surface area contributed by atoms with Crippen molar-refractivity contribution < 1.29 is 14.0 Å². The molecule has 1 heterocycles. The number of rotatable bonds is 6. The molecule has 0 atom stereocenters. The Morgan fingerprint density at radius 2 is 1.62 bits per heavy atom. The second-order valence-electron chi connectivity index (χ2n) is 9.12. The van der Waals surface area contributed by atoms with E-state index in [1.807, 2.05) is 38.1 Å². The average molecular weight is 459 g/mol. The van der Waals surface area contributed by atoms with E-state index in [0.717, 1.165) is 60.4 Å². The van der Waals surface area contributed by atoms with Gasteiger partial charge in [-0.05, 0) is 98.3 Å². The number of amides is 1. The molecule has 0 unspecified atom stereocenters. The Bertz CT molecular complexity index is 1180. The van der Waals surface area contributed by atoms with Crippen molar-refractivity contribution in [3.05, 3.63) is 94.3 Å². The van der Waals surface area contributed by atoms with Crippen molar-refractivity contribution in [2.75, 3.05) is 23.3 Å². The number of hydrogen-bond acceptors (Lipinski definition) is 3. The van der Waals surface area contributed by atoms with E-state index in [2.05, 4.69) is 29.3 Å². The topological polar surface area (TPSA) is 49.4 Å². The molecular formula is C29H31FN2O2. The predicted octanol–water partition coefficient (Wildman–Crippen LogP) is 6.36. The lowest BCUT2D eigenvalue weighted by atomic mass is 9.88. The molecule has 4 rings (SSSR count). The first kappa shape index (κ1) is 23.7. The van der Waals surface area contributed by atoms with Crippen LogP contribution in [-0.2, 0) is 6.42 Å².